The van der Waals surface area contributed by atoms with E-state index in [2.05, 4.69) is 34.7 Å². The van der Waals surface area contributed by atoms with Crippen LogP contribution >= 0.6 is 0 Å². The standard InChI is InChI=1S/C21H19N3O/c1-16(12-17-6-5-10-22-13-17)24-15-23-20(18-7-3-2-4-8-18)21(24)19-9-11-25-14-19/h2-11,13-16H,12H2,1H3/t16-/m0/s1. The third-order valence-corrected chi connectivity index (χ3v) is 4.36. The molecular formula is C21H19N3O. The first-order valence-electron chi connectivity index (χ1n) is 8.36. The van der Waals surface area contributed by atoms with E-state index in [-0.39, 0.29) is 6.04 Å². The summed E-state index contributed by atoms with van der Waals surface area (Å²) >= 11 is 0. The van der Waals surface area contributed by atoms with Crippen molar-refractivity contribution in [1.29, 1.82) is 0 Å². The first kappa shape index (κ1) is 15.4. The molecule has 1 aromatic carbocycles. The number of nitrogens with zero attached hydrogens (tertiary/aromatic N) is 3. The molecule has 0 saturated heterocycles. The lowest BCUT2D eigenvalue weighted by Crippen LogP contribution is -2.09. The Labute approximate surface area is 146 Å². The number of rotatable bonds is 5. The molecule has 0 aliphatic rings. The third kappa shape index (κ3) is 3.11. The fourth-order valence-corrected chi connectivity index (χ4v) is 3.15. The van der Waals surface area contributed by atoms with Crippen molar-refractivity contribution in [2.24, 2.45) is 0 Å². The zero-order valence-corrected chi connectivity index (χ0v) is 14.0. The van der Waals surface area contributed by atoms with E-state index in [0.29, 0.717) is 0 Å². The maximum atomic E-state index is 5.33. The van der Waals surface area contributed by atoms with E-state index < -0.39 is 0 Å². The Balaban J connectivity index is 1.77. The van der Waals surface area contributed by atoms with E-state index in [0.717, 1.165) is 28.9 Å². The number of aromatic nitrogens is 3. The minimum atomic E-state index is 0.249. The molecule has 25 heavy (non-hydrogen) atoms. The van der Waals surface area contributed by atoms with Gasteiger partial charge in [0, 0.05) is 29.6 Å². The minimum absolute atomic E-state index is 0.249. The van der Waals surface area contributed by atoms with Gasteiger partial charge in [-0.1, -0.05) is 36.4 Å². The van der Waals surface area contributed by atoms with Crippen LogP contribution in [-0.4, -0.2) is 14.5 Å². The Morgan fingerprint density at radius 3 is 2.64 bits per heavy atom. The minimum Gasteiger partial charge on any atom is -0.472 e. The van der Waals surface area contributed by atoms with Crippen molar-refractivity contribution in [3.8, 4) is 22.5 Å². The molecule has 124 valence electrons. The van der Waals surface area contributed by atoms with Crippen LogP contribution in [0.15, 0.2) is 84.2 Å². The van der Waals surface area contributed by atoms with Crippen LogP contribution in [0.2, 0.25) is 0 Å². The van der Waals surface area contributed by atoms with Gasteiger partial charge in [0.05, 0.1) is 30.2 Å². The van der Waals surface area contributed by atoms with Crippen molar-refractivity contribution < 1.29 is 4.42 Å². The van der Waals surface area contributed by atoms with Gasteiger partial charge in [-0.2, -0.15) is 0 Å². The summed E-state index contributed by atoms with van der Waals surface area (Å²) in [7, 11) is 0. The van der Waals surface area contributed by atoms with Gasteiger partial charge in [-0.3, -0.25) is 4.98 Å². The molecule has 3 heterocycles. The number of pyridine rings is 1. The molecule has 3 aromatic heterocycles. The highest BCUT2D eigenvalue weighted by Gasteiger charge is 2.19. The topological polar surface area (TPSA) is 43.9 Å². The summed E-state index contributed by atoms with van der Waals surface area (Å²) in [6.45, 7) is 2.20. The van der Waals surface area contributed by atoms with Crippen molar-refractivity contribution in [3.05, 3.63) is 85.3 Å². The van der Waals surface area contributed by atoms with Crippen LogP contribution in [-0.2, 0) is 6.42 Å². The van der Waals surface area contributed by atoms with Gasteiger partial charge in [-0.05, 0) is 31.0 Å². The van der Waals surface area contributed by atoms with Crippen molar-refractivity contribution in [2.45, 2.75) is 19.4 Å². The Morgan fingerprint density at radius 1 is 1.04 bits per heavy atom. The van der Waals surface area contributed by atoms with Crippen molar-refractivity contribution in [3.63, 3.8) is 0 Å². The van der Waals surface area contributed by atoms with Crippen LogP contribution in [0.25, 0.3) is 22.5 Å². The van der Waals surface area contributed by atoms with Gasteiger partial charge in [0.2, 0.25) is 0 Å². The van der Waals surface area contributed by atoms with E-state index in [1.165, 1.54) is 5.56 Å². The SMILES string of the molecule is C[C@@H](Cc1cccnc1)n1cnc(-c2ccccc2)c1-c1ccoc1. The van der Waals surface area contributed by atoms with Gasteiger partial charge in [-0.15, -0.1) is 0 Å². The summed E-state index contributed by atoms with van der Waals surface area (Å²) in [5.74, 6) is 0. The lowest BCUT2D eigenvalue weighted by atomic mass is 10.0. The van der Waals surface area contributed by atoms with Crippen molar-refractivity contribution in [2.75, 3.05) is 0 Å². The maximum absolute atomic E-state index is 5.33. The highest BCUT2D eigenvalue weighted by Crippen LogP contribution is 2.34. The summed E-state index contributed by atoms with van der Waals surface area (Å²) in [5, 5.41) is 0. The second-order valence-electron chi connectivity index (χ2n) is 6.14. The van der Waals surface area contributed by atoms with Gasteiger partial charge >= 0.3 is 0 Å². The number of imidazole rings is 1. The third-order valence-electron chi connectivity index (χ3n) is 4.36. The molecule has 0 bridgehead atoms. The number of furan rings is 1. The molecule has 0 aliphatic heterocycles. The van der Waals surface area contributed by atoms with E-state index in [1.807, 2.05) is 42.9 Å². The Morgan fingerprint density at radius 2 is 1.92 bits per heavy atom. The molecule has 0 spiro atoms. The van der Waals surface area contributed by atoms with E-state index in [1.54, 1.807) is 18.7 Å². The van der Waals surface area contributed by atoms with Gasteiger partial charge in [0.25, 0.3) is 0 Å². The molecule has 0 N–H and O–H groups in total. The molecule has 0 fully saturated rings. The summed E-state index contributed by atoms with van der Waals surface area (Å²) in [4.78, 5) is 8.93. The number of hydrogen-bond donors (Lipinski definition) is 0. The van der Waals surface area contributed by atoms with Crippen LogP contribution in [0.3, 0.4) is 0 Å². The predicted molar refractivity (Wildman–Crippen MR) is 98.0 cm³/mol. The van der Waals surface area contributed by atoms with Crippen LogP contribution in [0.4, 0.5) is 0 Å². The molecular weight excluding hydrogens is 310 g/mol. The molecule has 4 nitrogen and oxygen atoms in total. The average molecular weight is 329 g/mol. The van der Waals surface area contributed by atoms with Gasteiger partial charge in [-0.25, -0.2) is 4.98 Å². The quantitative estimate of drug-likeness (QED) is 0.517. The predicted octanol–water partition coefficient (Wildman–Crippen LogP) is 5.01. The molecule has 0 amide bonds. The Hall–Kier alpha value is -3.14. The van der Waals surface area contributed by atoms with E-state index in [4.69, 9.17) is 9.40 Å². The van der Waals surface area contributed by atoms with E-state index in [9.17, 15) is 0 Å². The van der Waals surface area contributed by atoms with Crippen molar-refractivity contribution >= 4 is 0 Å². The lowest BCUT2D eigenvalue weighted by molar-refractivity contribution is 0.546. The zero-order valence-electron chi connectivity index (χ0n) is 14.0. The highest BCUT2D eigenvalue weighted by atomic mass is 16.3. The first-order valence-corrected chi connectivity index (χ1v) is 8.36. The molecule has 0 radical (unpaired) electrons. The second-order valence-corrected chi connectivity index (χ2v) is 6.14. The molecule has 0 saturated carbocycles. The highest BCUT2D eigenvalue weighted by molar-refractivity contribution is 5.78. The molecule has 4 aromatic rings. The first-order chi connectivity index (χ1) is 12.3. The fourth-order valence-electron chi connectivity index (χ4n) is 3.15. The summed E-state index contributed by atoms with van der Waals surface area (Å²) in [6, 6.07) is 16.6. The van der Waals surface area contributed by atoms with Crippen LogP contribution < -0.4 is 0 Å². The van der Waals surface area contributed by atoms with Crippen LogP contribution in [0, 0.1) is 0 Å². The van der Waals surface area contributed by atoms with Gasteiger partial charge in [0.15, 0.2) is 0 Å². The van der Waals surface area contributed by atoms with Gasteiger partial charge < -0.3 is 8.98 Å². The molecule has 4 heteroatoms. The maximum Gasteiger partial charge on any atom is 0.0996 e. The fraction of sp³-hybridized carbons (Fsp3) is 0.143. The average Bonchev–Trinajstić information content (AvgIpc) is 3.32. The summed E-state index contributed by atoms with van der Waals surface area (Å²) in [6.07, 6.45) is 10.0. The van der Waals surface area contributed by atoms with E-state index >= 15 is 0 Å². The number of hydrogen-bond acceptors (Lipinski definition) is 3. The molecule has 4 rings (SSSR count). The zero-order chi connectivity index (χ0) is 17.1. The monoisotopic (exact) mass is 329 g/mol. The Kier molecular flexibility index (Phi) is 4.17. The van der Waals surface area contributed by atoms with Crippen molar-refractivity contribution in [1.82, 2.24) is 14.5 Å². The summed E-state index contributed by atoms with van der Waals surface area (Å²) in [5.41, 5.74) is 5.40. The Bertz CT molecular complexity index is 928. The normalized spacial score (nSPS) is 12.2. The van der Waals surface area contributed by atoms with Gasteiger partial charge in [0.1, 0.15) is 0 Å². The largest absolute Gasteiger partial charge is 0.472 e. The smallest absolute Gasteiger partial charge is 0.0996 e. The lowest BCUT2D eigenvalue weighted by Gasteiger charge is -2.17. The van der Waals surface area contributed by atoms with Crippen LogP contribution in [0.5, 0.6) is 0 Å². The molecule has 1 atom stereocenters. The van der Waals surface area contributed by atoms with Crippen LogP contribution in [0.1, 0.15) is 18.5 Å². The summed E-state index contributed by atoms with van der Waals surface area (Å²) < 4.78 is 7.55. The number of benzene rings is 1. The second kappa shape index (κ2) is 6.77. The molecule has 0 unspecified atom stereocenters. The molecule has 0 aliphatic carbocycles.